The van der Waals surface area contributed by atoms with Crippen LogP contribution in [0.4, 0.5) is 0 Å². The van der Waals surface area contributed by atoms with E-state index in [4.69, 9.17) is 4.55 Å². The molecule has 0 rings (SSSR count). The molecule has 0 bridgehead atoms. The van der Waals surface area contributed by atoms with Gasteiger partial charge in [0, 0.05) is 0 Å². The molecule has 2 atom stereocenters. The largest absolute Gasteiger partial charge is 0.306 e. The zero-order valence-electron chi connectivity index (χ0n) is 4.26. The van der Waals surface area contributed by atoms with Gasteiger partial charge in [-0.05, 0) is 13.3 Å². The average molecular weight is 121 g/mol. The molecule has 1 radical (unpaired) electrons. The van der Waals surface area contributed by atoms with Gasteiger partial charge in [0.1, 0.15) is 0 Å². The van der Waals surface area contributed by atoms with E-state index >= 15 is 0 Å². The first-order chi connectivity index (χ1) is 3.18. The first kappa shape index (κ1) is 7.11. The molecule has 0 aliphatic heterocycles. The van der Waals surface area contributed by atoms with Gasteiger partial charge in [0.05, 0.1) is 5.25 Å². The topological polar surface area (TPSA) is 37.3 Å². The van der Waals surface area contributed by atoms with Gasteiger partial charge in [-0.3, -0.25) is 0 Å². The zero-order valence-corrected chi connectivity index (χ0v) is 5.07. The van der Waals surface area contributed by atoms with E-state index < -0.39 is 11.1 Å². The van der Waals surface area contributed by atoms with Crippen molar-refractivity contribution in [3.63, 3.8) is 0 Å². The van der Waals surface area contributed by atoms with Gasteiger partial charge in [-0.25, -0.2) is 4.21 Å². The fourth-order valence-corrected chi connectivity index (χ4v) is 0.302. The molecule has 7 heavy (non-hydrogen) atoms. The van der Waals surface area contributed by atoms with E-state index in [-0.39, 0.29) is 5.25 Å². The Morgan fingerprint density at radius 3 is 2.43 bits per heavy atom. The van der Waals surface area contributed by atoms with Crippen LogP contribution in [0.1, 0.15) is 13.3 Å². The third-order valence-corrected chi connectivity index (χ3v) is 1.67. The fourth-order valence-electron chi connectivity index (χ4n) is 0.101. The predicted molar refractivity (Wildman–Crippen MR) is 30.2 cm³/mol. The first-order valence-electron chi connectivity index (χ1n) is 2.07. The van der Waals surface area contributed by atoms with Crippen LogP contribution in [-0.2, 0) is 11.1 Å². The molecule has 0 aromatic carbocycles. The molecular weight excluding hydrogens is 112 g/mol. The summed E-state index contributed by atoms with van der Waals surface area (Å²) in [6.45, 7) is 5.14. The summed E-state index contributed by atoms with van der Waals surface area (Å²) in [7, 11) is 0. The summed E-state index contributed by atoms with van der Waals surface area (Å²) >= 11 is -1.67. The number of rotatable bonds is 2. The van der Waals surface area contributed by atoms with E-state index in [0.717, 1.165) is 0 Å². The Morgan fingerprint density at radius 2 is 2.43 bits per heavy atom. The van der Waals surface area contributed by atoms with Crippen molar-refractivity contribution in [2.24, 2.45) is 0 Å². The average Bonchev–Trinajstić information content (AvgIpc) is 1.65. The molecule has 3 heteroatoms. The van der Waals surface area contributed by atoms with Crippen molar-refractivity contribution in [2.75, 3.05) is 0 Å². The van der Waals surface area contributed by atoms with Crippen LogP contribution >= 0.6 is 0 Å². The number of hydrogen-bond acceptors (Lipinski definition) is 1. The maximum atomic E-state index is 10.0. The van der Waals surface area contributed by atoms with Crippen LogP contribution in [0.2, 0.25) is 0 Å². The molecule has 1 N–H and O–H groups in total. The van der Waals surface area contributed by atoms with Gasteiger partial charge in [0.2, 0.25) is 0 Å². The van der Waals surface area contributed by atoms with Gasteiger partial charge in [-0.15, -0.1) is 0 Å². The lowest BCUT2D eigenvalue weighted by atomic mass is 10.4. The third kappa shape index (κ3) is 2.76. The lowest BCUT2D eigenvalue weighted by Crippen LogP contribution is -2.06. The number of hydrogen-bond donors (Lipinski definition) is 1. The molecule has 0 saturated heterocycles. The highest BCUT2D eigenvalue weighted by molar-refractivity contribution is 7.79. The second-order valence-corrected chi connectivity index (χ2v) is 2.73. The molecule has 0 aliphatic carbocycles. The normalized spacial score (nSPS) is 18.7. The molecular formula is C4H9O2S. The van der Waals surface area contributed by atoms with Crippen LogP contribution in [0, 0.1) is 6.92 Å². The molecule has 0 saturated carbocycles. The van der Waals surface area contributed by atoms with Gasteiger partial charge in [0.25, 0.3) is 0 Å². The molecule has 0 aliphatic rings. The molecule has 0 amide bonds. The summed E-state index contributed by atoms with van der Waals surface area (Å²) in [6, 6.07) is 0. The van der Waals surface area contributed by atoms with Crippen LogP contribution in [0.15, 0.2) is 0 Å². The SMILES string of the molecule is [CH2]CC(C)S(=O)O. The highest BCUT2D eigenvalue weighted by Crippen LogP contribution is 1.94. The van der Waals surface area contributed by atoms with Gasteiger partial charge < -0.3 is 4.55 Å². The van der Waals surface area contributed by atoms with E-state index in [1.54, 1.807) is 6.92 Å². The zero-order chi connectivity index (χ0) is 5.86. The Kier molecular flexibility index (Phi) is 3.21. The molecule has 2 unspecified atom stereocenters. The Morgan fingerprint density at radius 1 is 2.00 bits per heavy atom. The molecule has 43 valence electrons. The summed E-state index contributed by atoms with van der Waals surface area (Å²) in [6.07, 6.45) is 0.517. The molecule has 0 heterocycles. The minimum absolute atomic E-state index is 0.181. The molecule has 0 fully saturated rings. The van der Waals surface area contributed by atoms with E-state index in [0.29, 0.717) is 6.42 Å². The monoisotopic (exact) mass is 121 g/mol. The van der Waals surface area contributed by atoms with Gasteiger partial charge in [0.15, 0.2) is 11.1 Å². The van der Waals surface area contributed by atoms with Crippen LogP contribution < -0.4 is 0 Å². The lowest BCUT2D eigenvalue weighted by Gasteiger charge is -1.97. The van der Waals surface area contributed by atoms with Crippen LogP contribution in [0.5, 0.6) is 0 Å². The van der Waals surface area contributed by atoms with Gasteiger partial charge >= 0.3 is 0 Å². The minimum Gasteiger partial charge on any atom is -0.306 e. The van der Waals surface area contributed by atoms with E-state index in [1.165, 1.54) is 0 Å². The Balaban J connectivity index is 3.34. The molecule has 0 spiro atoms. The van der Waals surface area contributed by atoms with E-state index in [2.05, 4.69) is 6.92 Å². The quantitative estimate of drug-likeness (QED) is 0.549. The van der Waals surface area contributed by atoms with Crippen molar-refractivity contribution >= 4 is 11.1 Å². The van der Waals surface area contributed by atoms with E-state index in [1.807, 2.05) is 0 Å². The summed E-state index contributed by atoms with van der Waals surface area (Å²) in [5, 5.41) is -0.181. The Labute approximate surface area is 46.2 Å². The van der Waals surface area contributed by atoms with Gasteiger partial charge in [-0.1, -0.05) is 6.92 Å². The highest BCUT2D eigenvalue weighted by Gasteiger charge is 2.02. The van der Waals surface area contributed by atoms with Crippen molar-refractivity contribution < 1.29 is 8.76 Å². The highest BCUT2D eigenvalue weighted by atomic mass is 32.2. The van der Waals surface area contributed by atoms with E-state index in [9.17, 15) is 4.21 Å². The summed E-state index contributed by atoms with van der Waals surface area (Å²) in [5.74, 6) is 0. The van der Waals surface area contributed by atoms with Crippen LogP contribution in [0.3, 0.4) is 0 Å². The second kappa shape index (κ2) is 3.16. The molecule has 2 nitrogen and oxygen atoms in total. The van der Waals surface area contributed by atoms with Crippen LogP contribution in [0.25, 0.3) is 0 Å². The smallest absolute Gasteiger partial charge is 0.155 e. The molecule has 0 aromatic rings. The fraction of sp³-hybridized carbons (Fsp3) is 0.750. The molecule has 0 aromatic heterocycles. The Hall–Kier alpha value is 0.110. The summed E-state index contributed by atoms with van der Waals surface area (Å²) < 4.78 is 18.3. The van der Waals surface area contributed by atoms with Crippen molar-refractivity contribution in [3.8, 4) is 0 Å². The second-order valence-electron chi connectivity index (χ2n) is 1.38. The van der Waals surface area contributed by atoms with Crippen molar-refractivity contribution in [2.45, 2.75) is 18.6 Å². The van der Waals surface area contributed by atoms with Crippen molar-refractivity contribution in [1.82, 2.24) is 0 Å². The summed E-state index contributed by atoms with van der Waals surface area (Å²) in [4.78, 5) is 0. The third-order valence-electron chi connectivity index (χ3n) is 0.751. The lowest BCUT2D eigenvalue weighted by molar-refractivity contribution is 0.551. The van der Waals surface area contributed by atoms with Crippen LogP contribution in [-0.4, -0.2) is 14.0 Å². The van der Waals surface area contributed by atoms with Gasteiger partial charge in [-0.2, -0.15) is 0 Å². The summed E-state index contributed by atoms with van der Waals surface area (Å²) in [5.41, 5.74) is 0. The maximum Gasteiger partial charge on any atom is 0.155 e. The maximum absolute atomic E-state index is 10.0. The Bertz CT molecular complexity index is 72.1. The standard InChI is InChI=1S/C4H9O2S/c1-3-4(2)7(5)6/h4H,1,3H2,2H3,(H,5,6). The minimum atomic E-state index is -1.67. The van der Waals surface area contributed by atoms with Crippen molar-refractivity contribution in [3.05, 3.63) is 6.92 Å². The first-order valence-corrected chi connectivity index (χ1v) is 3.24. The van der Waals surface area contributed by atoms with Crippen molar-refractivity contribution in [1.29, 1.82) is 0 Å². The predicted octanol–water partition coefficient (Wildman–Crippen LogP) is 0.821.